The van der Waals surface area contributed by atoms with Gasteiger partial charge in [0.05, 0.1) is 56.4 Å². The van der Waals surface area contributed by atoms with Gasteiger partial charge in [0.1, 0.15) is 0 Å². The number of methoxy groups -OCH3 is 4. The van der Waals surface area contributed by atoms with Crippen LogP contribution in [0.25, 0.3) is 0 Å². The maximum absolute atomic E-state index is 13.1. The molecule has 4 heterocycles. The summed E-state index contributed by atoms with van der Waals surface area (Å²) in [6, 6.07) is 45.0. The van der Waals surface area contributed by atoms with Gasteiger partial charge in [0.15, 0.2) is 23.0 Å². The fraction of sp³-hybridized carbons (Fsp3) is 0.242. The average Bonchev–Trinajstić information content (AvgIpc) is 3.57. The lowest BCUT2D eigenvalue weighted by atomic mass is 9.98. The van der Waals surface area contributed by atoms with Crippen LogP contribution >= 0.6 is 0 Å². The molecule has 0 saturated carbocycles. The van der Waals surface area contributed by atoms with Crippen LogP contribution in [0.5, 0.6) is 23.0 Å². The SMILES string of the molecule is COc1cc2c(cc1OC)CN(CCc1ccc(NC(=O)c3ccccc3N)cc1)CC2.COc1cc2c(cc1OC)CN(CCc1ccc(NC(=O)c3ccccc3NC(=O)c3ccc(C)nc3)cc1)CC2.Cc1ccc(C(=O)O)cn1. The average molecular weight is 1120 g/mol. The maximum Gasteiger partial charge on any atom is 0.337 e. The van der Waals surface area contributed by atoms with Crippen LogP contribution in [0.4, 0.5) is 22.7 Å². The Balaban J connectivity index is 0.000000189. The molecule has 0 fully saturated rings. The lowest BCUT2D eigenvalue weighted by Gasteiger charge is -2.29. The topological polar surface area (TPSA) is 220 Å². The van der Waals surface area contributed by atoms with E-state index in [-0.39, 0.29) is 23.3 Å². The summed E-state index contributed by atoms with van der Waals surface area (Å²) >= 11 is 0. The second-order valence-corrected chi connectivity index (χ2v) is 20.1. The minimum Gasteiger partial charge on any atom is -0.493 e. The van der Waals surface area contributed by atoms with Gasteiger partial charge in [0.2, 0.25) is 0 Å². The van der Waals surface area contributed by atoms with Gasteiger partial charge in [-0.25, -0.2) is 4.79 Å². The molecule has 428 valence electrons. The first-order valence-electron chi connectivity index (χ1n) is 27.3. The van der Waals surface area contributed by atoms with E-state index < -0.39 is 5.97 Å². The molecule has 3 amide bonds. The van der Waals surface area contributed by atoms with E-state index in [1.807, 2.05) is 56.3 Å². The van der Waals surface area contributed by atoms with E-state index >= 15 is 0 Å². The molecule has 0 atom stereocenters. The third-order valence-electron chi connectivity index (χ3n) is 14.4. The summed E-state index contributed by atoms with van der Waals surface area (Å²) in [5, 5.41) is 17.1. The first-order valence-corrected chi connectivity index (χ1v) is 27.3. The molecule has 0 bridgehead atoms. The van der Waals surface area contributed by atoms with Crippen molar-refractivity contribution in [2.24, 2.45) is 0 Å². The first-order chi connectivity index (χ1) is 40.2. The van der Waals surface area contributed by atoms with Crippen molar-refractivity contribution in [2.75, 3.05) is 76.3 Å². The number of para-hydroxylation sites is 2. The number of carbonyl (C=O) groups excluding carboxylic acids is 3. The van der Waals surface area contributed by atoms with Crippen LogP contribution in [0.3, 0.4) is 0 Å². The number of nitrogen functional groups attached to an aromatic ring is 1. The van der Waals surface area contributed by atoms with Gasteiger partial charge in [-0.15, -0.1) is 0 Å². The monoisotopic (exact) mass is 1120 g/mol. The predicted octanol–water partition coefficient (Wildman–Crippen LogP) is 10.7. The number of carbonyl (C=O) groups is 4. The molecule has 6 aromatic carbocycles. The number of amides is 3. The molecule has 2 aliphatic heterocycles. The third kappa shape index (κ3) is 16.3. The molecular weight excluding hydrogens is 1050 g/mol. The van der Waals surface area contributed by atoms with E-state index in [4.69, 9.17) is 29.8 Å². The summed E-state index contributed by atoms with van der Waals surface area (Å²) in [6.07, 6.45) is 6.70. The number of aromatic nitrogens is 2. The number of hydrogen-bond acceptors (Lipinski definition) is 13. The number of fused-ring (bicyclic) bond motifs is 2. The van der Waals surface area contributed by atoms with E-state index in [0.29, 0.717) is 33.8 Å². The molecule has 2 aromatic heterocycles. The highest BCUT2D eigenvalue weighted by Crippen LogP contribution is 2.35. The van der Waals surface area contributed by atoms with Gasteiger partial charge in [-0.05, 0) is 170 Å². The molecule has 17 heteroatoms. The van der Waals surface area contributed by atoms with Gasteiger partial charge in [-0.2, -0.15) is 0 Å². The number of ether oxygens (including phenoxy) is 4. The number of nitrogens with two attached hydrogens (primary N) is 1. The Kier molecular flexibility index (Phi) is 20.6. The van der Waals surface area contributed by atoms with E-state index in [9.17, 15) is 19.2 Å². The zero-order valence-electron chi connectivity index (χ0n) is 47.7. The summed E-state index contributed by atoms with van der Waals surface area (Å²) < 4.78 is 21.8. The summed E-state index contributed by atoms with van der Waals surface area (Å²) in [5.74, 6) is 1.36. The van der Waals surface area contributed by atoms with Gasteiger partial charge in [0, 0.05) is 80.1 Å². The summed E-state index contributed by atoms with van der Waals surface area (Å²) in [5.41, 5.74) is 19.1. The first kappa shape index (κ1) is 59.5. The highest BCUT2D eigenvalue weighted by Gasteiger charge is 2.22. The number of aryl methyl sites for hydroxylation is 2. The van der Waals surface area contributed by atoms with Crippen molar-refractivity contribution in [3.63, 3.8) is 0 Å². The quantitative estimate of drug-likeness (QED) is 0.0536. The van der Waals surface area contributed by atoms with Gasteiger partial charge in [-0.1, -0.05) is 48.5 Å². The smallest absolute Gasteiger partial charge is 0.337 e. The van der Waals surface area contributed by atoms with E-state index in [0.717, 1.165) is 105 Å². The van der Waals surface area contributed by atoms with Crippen LogP contribution in [0.1, 0.15) is 86.2 Å². The second-order valence-electron chi connectivity index (χ2n) is 20.1. The van der Waals surface area contributed by atoms with Gasteiger partial charge in [-0.3, -0.25) is 34.2 Å². The van der Waals surface area contributed by atoms with Crippen molar-refractivity contribution in [1.29, 1.82) is 0 Å². The minimum atomic E-state index is -0.937. The Morgan fingerprint density at radius 1 is 0.506 bits per heavy atom. The van der Waals surface area contributed by atoms with Crippen molar-refractivity contribution in [3.05, 3.63) is 225 Å². The number of hydrogen-bond donors (Lipinski definition) is 5. The molecule has 0 unspecified atom stereocenters. The van der Waals surface area contributed by atoms with Crippen LogP contribution in [0, 0.1) is 13.8 Å². The molecule has 0 radical (unpaired) electrons. The van der Waals surface area contributed by atoms with Crippen LogP contribution in [0.2, 0.25) is 0 Å². The van der Waals surface area contributed by atoms with Crippen molar-refractivity contribution < 1.29 is 43.2 Å². The van der Waals surface area contributed by atoms with Gasteiger partial charge < -0.3 is 45.7 Å². The molecular formula is C66H70N8O9. The number of carboxylic acid groups (broad SMARTS) is 1. The Hall–Kier alpha value is -9.58. The molecule has 10 rings (SSSR count). The fourth-order valence-corrected chi connectivity index (χ4v) is 9.63. The fourth-order valence-electron chi connectivity index (χ4n) is 9.63. The van der Waals surface area contributed by atoms with E-state index in [1.54, 1.807) is 89.1 Å². The van der Waals surface area contributed by atoms with Gasteiger partial charge >= 0.3 is 5.97 Å². The zero-order valence-corrected chi connectivity index (χ0v) is 47.7. The molecule has 8 aromatic rings. The summed E-state index contributed by atoms with van der Waals surface area (Å²) in [7, 11) is 6.68. The standard InChI is InChI=1S/C33H34N4O4.C26H29N3O3.C7H7NO2/c1-22-8-11-25(20-34-22)32(38)36-29-7-5-4-6-28(29)33(39)35-27-12-9-23(10-13-27)14-16-37-17-15-24-18-30(40-2)31(41-3)19-26(24)21-37;1-31-24-15-19-12-14-29(17-20(19)16-25(24)32-2)13-11-18-7-9-21(10-8-18)28-26(30)22-5-3-4-6-23(22)27;1-5-2-3-6(4-8-5)7(9)10/h4-13,18-20H,14-17,21H2,1-3H3,(H,35,39)(H,36,38);3-10,15-16H,11-14,17,27H2,1-2H3,(H,28,30);2-4H,1H3,(H,9,10). The Morgan fingerprint density at radius 2 is 0.928 bits per heavy atom. The molecule has 83 heavy (non-hydrogen) atoms. The van der Waals surface area contributed by atoms with Crippen LogP contribution < -0.4 is 40.6 Å². The minimum absolute atomic E-state index is 0.199. The van der Waals surface area contributed by atoms with Crippen LogP contribution in [-0.2, 0) is 38.8 Å². The Labute approximate surface area is 484 Å². The molecule has 17 nitrogen and oxygen atoms in total. The summed E-state index contributed by atoms with van der Waals surface area (Å²) in [6.45, 7) is 9.37. The van der Waals surface area contributed by atoms with Crippen LogP contribution in [-0.4, -0.2) is 103 Å². The second kappa shape index (κ2) is 28.7. The highest BCUT2D eigenvalue weighted by atomic mass is 16.5. The van der Waals surface area contributed by atoms with Crippen molar-refractivity contribution in [3.8, 4) is 23.0 Å². The number of carboxylic acids is 1. The molecule has 0 aliphatic carbocycles. The Morgan fingerprint density at radius 3 is 1.36 bits per heavy atom. The molecule has 6 N–H and O–H groups in total. The maximum atomic E-state index is 13.1. The molecule has 2 aliphatic rings. The summed E-state index contributed by atoms with van der Waals surface area (Å²) in [4.78, 5) is 61.4. The lowest BCUT2D eigenvalue weighted by molar-refractivity contribution is 0.0695. The molecule has 0 spiro atoms. The number of pyridine rings is 2. The van der Waals surface area contributed by atoms with Gasteiger partial charge in [0.25, 0.3) is 17.7 Å². The largest absolute Gasteiger partial charge is 0.493 e. The Bertz CT molecular complexity index is 3520. The number of benzene rings is 6. The number of anilines is 4. The number of rotatable bonds is 17. The van der Waals surface area contributed by atoms with Crippen molar-refractivity contribution in [2.45, 2.75) is 52.6 Å². The predicted molar refractivity (Wildman–Crippen MR) is 323 cm³/mol. The van der Waals surface area contributed by atoms with Crippen molar-refractivity contribution in [1.82, 2.24) is 19.8 Å². The normalized spacial score (nSPS) is 12.6. The number of aromatic carboxylic acids is 1. The van der Waals surface area contributed by atoms with E-state index in [1.165, 1.54) is 51.8 Å². The number of nitrogens with zero attached hydrogens (tertiary/aromatic N) is 4. The zero-order chi connectivity index (χ0) is 58.8. The highest BCUT2D eigenvalue weighted by molar-refractivity contribution is 6.12. The lowest BCUT2D eigenvalue weighted by Crippen LogP contribution is -2.32. The van der Waals surface area contributed by atoms with Crippen molar-refractivity contribution >= 4 is 46.4 Å². The van der Waals surface area contributed by atoms with Crippen LogP contribution in [0.15, 0.2) is 158 Å². The third-order valence-corrected chi connectivity index (χ3v) is 14.4. The number of nitrogens with one attached hydrogen (secondary N) is 3. The molecule has 0 saturated heterocycles. The van der Waals surface area contributed by atoms with E-state index in [2.05, 4.69) is 72.1 Å².